The first kappa shape index (κ1) is 5.94. The van der Waals surface area contributed by atoms with Crippen LogP contribution in [-0.4, -0.2) is 11.3 Å². The highest BCUT2D eigenvalue weighted by Gasteiger charge is 1.99. The van der Waals surface area contributed by atoms with Crippen molar-refractivity contribution >= 4 is 6.29 Å². The Balaban J connectivity index is 2.86. The predicted octanol–water partition coefficient (Wildman–Crippen LogP) is 0.957. The normalized spacial score (nSPS) is 9.44. The number of carbonyl (C=O) groups is 1. The molecule has 1 aromatic heterocycles. The van der Waals surface area contributed by atoms with Crippen LogP contribution in [0.1, 0.15) is 16.4 Å². The van der Waals surface area contributed by atoms with Crippen molar-refractivity contribution in [2.75, 3.05) is 0 Å². The van der Waals surface area contributed by atoms with Gasteiger partial charge in [-0.25, -0.2) is 9.37 Å². The molecule has 9 heavy (non-hydrogen) atoms. The first-order valence-corrected chi connectivity index (χ1v) is 2.32. The van der Waals surface area contributed by atoms with Gasteiger partial charge in [0.25, 0.3) is 0 Å². The number of oxazole rings is 1. The molecule has 0 saturated heterocycles. The Morgan fingerprint density at radius 2 is 2.67 bits per heavy atom. The van der Waals surface area contributed by atoms with Crippen molar-refractivity contribution in [3.05, 3.63) is 17.8 Å². The molecule has 0 fully saturated rings. The zero-order valence-electron chi connectivity index (χ0n) is 4.50. The van der Waals surface area contributed by atoms with E-state index in [4.69, 9.17) is 0 Å². The van der Waals surface area contributed by atoms with Crippen LogP contribution in [0.15, 0.2) is 10.6 Å². The third kappa shape index (κ3) is 1.13. The first-order valence-electron chi connectivity index (χ1n) is 2.32. The maximum absolute atomic E-state index is 11.6. The lowest BCUT2D eigenvalue weighted by atomic mass is 10.6. The van der Waals surface area contributed by atoms with E-state index in [2.05, 4.69) is 9.40 Å². The molecule has 1 heterocycles. The van der Waals surface area contributed by atoms with Crippen molar-refractivity contribution in [2.45, 2.75) is 6.67 Å². The van der Waals surface area contributed by atoms with Gasteiger partial charge in [0.1, 0.15) is 0 Å². The Hall–Kier alpha value is -1.19. The molecule has 0 bridgehead atoms. The molecule has 0 amide bonds. The number of hydrogen-bond donors (Lipinski definition) is 0. The molecule has 0 saturated carbocycles. The minimum atomic E-state index is -0.770. The Morgan fingerprint density at radius 1 is 1.89 bits per heavy atom. The van der Waals surface area contributed by atoms with Gasteiger partial charge in [0.05, 0.1) is 6.20 Å². The number of carbonyl (C=O) groups excluding carboxylic acids is 1. The fourth-order valence-electron chi connectivity index (χ4n) is 0.441. The van der Waals surface area contributed by atoms with Crippen LogP contribution < -0.4 is 0 Å². The second kappa shape index (κ2) is 2.39. The number of aldehydes is 1. The van der Waals surface area contributed by atoms with Gasteiger partial charge in [0.2, 0.25) is 5.89 Å². The molecule has 1 aromatic rings. The van der Waals surface area contributed by atoms with E-state index in [-0.39, 0.29) is 11.7 Å². The molecule has 0 N–H and O–H groups in total. The van der Waals surface area contributed by atoms with E-state index < -0.39 is 6.67 Å². The van der Waals surface area contributed by atoms with Crippen molar-refractivity contribution in [1.82, 2.24) is 4.98 Å². The molecule has 3 nitrogen and oxygen atoms in total. The summed E-state index contributed by atoms with van der Waals surface area (Å²) in [7, 11) is 0. The van der Waals surface area contributed by atoms with E-state index in [1.807, 2.05) is 0 Å². The number of alkyl halides is 1. The predicted molar refractivity (Wildman–Crippen MR) is 26.7 cm³/mol. The van der Waals surface area contributed by atoms with E-state index in [9.17, 15) is 9.18 Å². The summed E-state index contributed by atoms with van der Waals surface area (Å²) in [5.74, 6) is -0.000231. The van der Waals surface area contributed by atoms with E-state index in [1.165, 1.54) is 6.20 Å². The second-order valence-corrected chi connectivity index (χ2v) is 1.41. The van der Waals surface area contributed by atoms with Gasteiger partial charge in [-0.3, -0.25) is 4.79 Å². The Bertz CT molecular complexity index is 208. The lowest BCUT2D eigenvalue weighted by molar-refractivity contribution is 0.109. The molecule has 0 spiro atoms. The molecule has 0 atom stereocenters. The molecule has 1 rings (SSSR count). The Labute approximate surface area is 50.5 Å². The summed E-state index contributed by atoms with van der Waals surface area (Å²) in [6, 6.07) is 0. The number of aromatic nitrogens is 1. The summed E-state index contributed by atoms with van der Waals surface area (Å²) in [5, 5.41) is 0. The van der Waals surface area contributed by atoms with Crippen LogP contribution in [0.2, 0.25) is 0 Å². The van der Waals surface area contributed by atoms with Gasteiger partial charge >= 0.3 is 0 Å². The largest absolute Gasteiger partial charge is 0.435 e. The van der Waals surface area contributed by atoms with Crippen molar-refractivity contribution in [3.8, 4) is 0 Å². The fraction of sp³-hybridized carbons (Fsp3) is 0.200. The van der Waals surface area contributed by atoms with Gasteiger partial charge < -0.3 is 4.42 Å². The molecular formula is C5H4FNO2. The lowest BCUT2D eigenvalue weighted by Crippen LogP contribution is -1.72. The summed E-state index contributed by atoms with van der Waals surface area (Å²) in [6.45, 7) is -0.770. The molecule has 0 radical (unpaired) electrons. The quantitative estimate of drug-likeness (QED) is 0.558. The zero-order valence-corrected chi connectivity index (χ0v) is 4.50. The molecule has 48 valence electrons. The highest BCUT2D eigenvalue weighted by Crippen LogP contribution is 2.00. The van der Waals surface area contributed by atoms with Crippen LogP contribution in [-0.2, 0) is 6.67 Å². The topological polar surface area (TPSA) is 43.1 Å². The molecule has 0 aliphatic rings. The number of rotatable bonds is 2. The van der Waals surface area contributed by atoms with Crippen molar-refractivity contribution in [2.24, 2.45) is 0 Å². The summed E-state index contributed by atoms with van der Waals surface area (Å²) in [6.07, 6.45) is 1.66. The van der Waals surface area contributed by atoms with Crippen LogP contribution in [0.3, 0.4) is 0 Å². The molecule has 0 aromatic carbocycles. The molecule has 4 heteroatoms. The maximum Gasteiger partial charge on any atom is 0.226 e. The van der Waals surface area contributed by atoms with Gasteiger partial charge in [0, 0.05) is 0 Å². The highest BCUT2D eigenvalue weighted by atomic mass is 19.1. The van der Waals surface area contributed by atoms with Gasteiger partial charge in [-0.15, -0.1) is 0 Å². The molecule has 0 unspecified atom stereocenters. The Morgan fingerprint density at radius 3 is 3.00 bits per heavy atom. The molecule has 0 aliphatic carbocycles. The van der Waals surface area contributed by atoms with Crippen LogP contribution >= 0.6 is 0 Å². The van der Waals surface area contributed by atoms with Crippen molar-refractivity contribution in [1.29, 1.82) is 0 Å². The van der Waals surface area contributed by atoms with Gasteiger partial charge in [-0.2, -0.15) is 0 Å². The fourth-order valence-corrected chi connectivity index (χ4v) is 0.441. The van der Waals surface area contributed by atoms with E-state index in [0.29, 0.717) is 6.29 Å². The summed E-state index contributed by atoms with van der Waals surface area (Å²) < 4.78 is 16.1. The average molecular weight is 129 g/mol. The van der Waals surface area contributed by atoms with Gasteiger partial charge in [0.15, 0.2) is 18.7 Å². The van der Waals surface area contributed by atoms with E-state index in [1.54, 1.807) is 0 Å². The zero-order chi connectivity index (χ0) is 6.69. The molecular weight excluding hydrogens is 125 g/mol. The highest BCUT2D eigenvalue weighted by molar-refractivity contribution is 5.69. The number of halogens is 1. The minimum absolute atomic E-state index is 0.0580. The number of hydrogen-bond acceptors (Lipinski definition) is 3. The third-order valence-corrected chi connectivity index (χ3v) is 0.802. The number of nitrogens with zero attached hydrogens (tertiary/aromatic N) is 1. The summed E-state index contributed by atoms with van der Waals surface area (Å²) in [4.78, 5) is 13.3. The van der Waals surface area contributed by atoms with Crippen molar-refractivity contribution < 1.29 is 13.6 Å². The average Bonchev–Trinajstić information content (AvgIpc) is 2.34. The van der Waals surface area contributed by atoms with Gasteiger partial charge in [-0.1, -0.05) is 0 Å². The molecule has 0 aliphatic heterocycles. The van der Waals surface area contributed by atoms with Crippen LogP contribution in [0, 0.1) is 0 Å². The monoisotopic (exact) mass is 129 g/mol. The van der Waals surface area contributed by atoms with Gasteiger partial charge in [-0.05, 0) is 0 Å². The SMILES string of the molecule is O=Cc1cnc(CF)o1. The van der Waals surface area contributed by atoms with Crippen molar-refractivity contribution in [3.63, 3.8) is 0 Å². The summed E-state index contributed by atoms with van der Waals surface area (Å²) in [5.41, 5.74) is 0. The van der Waals surface area contributed by atoms with Crippen LogP contribution in [0.5, 0.6) is 0 Å². The summed E-state index contributed by atoms with van der Waals surface area (Å²) >= 11 is 0. The minimum Gasteiger partial charge on any atom is -0.435 e. The third-order valence-electron chi connectivity index (χ3n) is 0.802. The first-order chi connectivity index (χ1) is 4.36. The van der Waals surface area contributed by atoms with E-state index >= 15 is 0 Å². The lowest BCUT2D eigenvalue weighted by Gasteiger charge is -1.77. The smallest absolute Gasteiger partial charge is 0.226 e. The van der Waals surface area contributed by atoms with Crippen LogP contribution in [0.4, 0.5) is 4.39 Å². The Kier molecular flexibility index (Phi) is 1.58. The standard InChI is InChI=1S/C5H4FNO2/c6-1-5-7-2-4(3-8)9-5/h2-3H,1H2. The maximum atomic E-state index is 11.6. The van der Waals surface area contributed by atoms with E-state index in [0.717, 1.165) is 0 Å². The second-order valence-electron chi connectivity index (χ2n) is 1.41. The van der Waals surface area contributed by atoms with Crippen LogP contribution in [0.25, 0.3) is 0 Å².